The average molecular weight is 365 g/mol. The van der Waals surface area contributed by atoms with Gasteiger partial charge >= 0.3 is 0 Å². The van der Waals surface area contributed by atoms with Crippen LogP contribution in [0.25, 0.3) is 6.08 Å². The molecule has 1 aliphatic heterocycles. The van der Waals surface area contributed by atoms with Gasteiger partial charge < -0.3 is 15.0 Å². The first-order chi connectivity index (χ1) is 13.2. The molecule has 1 aromatic carbocycles. The lowest BCUT2D eigenvalue weighted by Crippen LogP contribution is -2.40. The van der Waals surface area contributed by atoms with Gasteiger partial charge in [-0.3, -0.25) is 9.59 Å². The molecule has 2 aromatic rings. The molecule has 0 bridgehead atoms. The number of nitrogens with zero attached hydrogens (tertiary/aromatic N) is 2. The number of piperidine rings is 1. The quantitative estimate of drug-likeness (QED) is 0.827. The normalized spacial score (nSPS) is 14.9. The molecule has 1 fully saturated rings. The fourth-order valence-electron chi connectivity index (χ4n) is 3.02. The number of ether oxygens (including phenoxy) is 1. The molecule has 0 saturated carbocycles. The summed E-state index contributed by atoms with van der Waals surface area (Å²) < 4.78 is 5.01. The van der Waals surface area contributed by atoms with Crippen molar-refractivity contribution in [3.63, 3.8) is 0 Å². The summed E-state index contributed by atoms with van der Waals surface area (Å²) in [4.78, 5) is 30.6. The van der Waals surface area contributed by atoms with Crippen molar-refractivity contribution in [2.24, 2.45) is 5.92 Å². The zero-order valence-corrected chi connectivity index (χ0v) is 15.3. The lowest BCUT2D eigenvalue weighted by atomic mass is 9.95. The van der Waals surface area contributed by atoms with Crippen LogP contribution in [0.4, 0.5) is 5.69 Å². The molecule has 1 aromatic heterocycles. The first-order valence-corrected chi connectivity index (χ1v) is 8.98. The molecular weight excluding hydrogens is 342 g/mol. The van der Waals surface area contributed by atoms with Crippen molar-refractivity contribution < 1.29 is 14.3 Å². The van der Waals surface area contributed by atoms with Gasteiger partial charge in [0.15, 0.2) is 0 Å². The Kier molecular flexibility index (Phi) is 6.20. The molecule has 2 heterocycles. The van der Waals surface area contributed by atoms with E-state index in [1.54, 1.807) is 36.4 Å². The van der Waals surface area contributed by atoms with Gasteiger partial charge in [0.05, 0.1) is 19.0 Å². The van der Waals surface area contributed by atoms with Crippen LogP contribution < -0.4 is 10.1 Å². The number of methoxy groups -OCH3 is 1. The summed E-state index contributed by atoms with van der Waals surface area (Å²) in [6.45, 7) is 1.16. The second-order valence-electron chi connectivity index (χ2n) is 6.42. The van der Waals surface area contributed by atoms with Crippen molar-refractivity contribution >= 4 is 23.6 Å². The molecule has 140 valence electrons. The summed E-state index contributed by atoms with van der Waals surface area (Å²) in [6.07, 6.45) is 6.29. The van der Waals surface area contributed by atoms with Gasteiger partial charge in [0.1, 0.15) is 0 Å². The van der Waals surface area contributed by atoms with Crippen molar-refractivity contribution in [3.8, 4) is 5.88 Å². The minimum absolute atomic E-state index is 0.0166. The third-order valence-corrected chi connectivity index (χ3v) is 4.61. The zero-order valence-electron chi connectivity index (χ0n) is 15.3. The molecule has 2 amide bonds. The maximum absolute atomic E-state index is 12.4. The van der Waals surface area contributed by atoms with Gasteiger partial charge in [0.2, 0.25) is 17.7 Å². The molecule has 0 unspecified atom stereocenters. The third-order valence-electron chi connectivity index (χ3n) is 4.61. The van der Waals surface area contributed by atoms with Crippen LogP contribution in [0.1, 0.15) is 18.4 Å². The van der Waals surface area contributed by atoms with E-state index in [1.165, 1.54) is 0 Å². The van der Waals surface area contributed by atoms with Crippen LogP contribution in [-0.4, -0.2) is 41.9 Å². The first-order valence-electron chi connectivity index (χ1n) is 8.98. The molecule has 0 atom stereocenters. The van der Waals surface area contributed by atoms with Gasteiger partial charge in [0, 0.05) is 31.1 Å². The Morgan fingerprint density at radius 1 is 1.15 bits per heavy atom. The number of carbonyl (C=O) groups excluding carboxylic acids is 2. The Hall–Kier alpha value is -3.15. The standard InChI is InChI=1S/C21H23N3O3/c1-27-19-9-8-18(15-22-19)23-21(26)17-11-13-24(14-12-17)20(25)10-7-16-5-3-2-4-6-16/h2-10,15,17H,11-14H2,1H3,(H,23,26). The predicted octanol–water partition coefficient (Wildman–Crippen LogP) is 2.98. The fraction of sp³-hybridized carbons (Fsp3) is 0.286. The number of rotatable bonds is 5. The number of pyridine rings is 1. The smallest absolute Gasteiger partial charge is 0.246 e. The van der Waals surface area contributed by atoms with Gasteiger partial charge in [-0.05, 0) is 30.5 Å². The number of anilines is 1. The lowest BCUT2D eigenvalue weighted by Gasteiger charge is -2.30. The number of hydrogen-bond acceptors (Lipinski definition) is 4. The van der Waals surface area contributed by atoms with Gasteiger partial charge in [-0.1, -0.05) is 30.3 Å². The van der Waals surface area contributed by atoms with Crippen LogP contribution in [0.5, 0.6) is 5.88 Å². The Labute approximate surface area is 158 Å². The second kappa shape index (κ2) is 8.98. The van der Waals surface area contributed by atoms with E-state index in [0.717, 1.165) is 5.56 Å². The van der Waals surface area contributed by atoms with E-state index in [4.69, 9.17) is 4.74 Å². The fourth-order valence-corrected chi connectivity index (χ4v) is 3.02. The number of carbonyl (C=O) groups is 2. The molecule has 0 spiro atoms. The van der Waals surface area contributed by atoms with Gasteiger partial charge in [-0.25, -0.2) is 4.98 Å². The van der Waals surface area contributed by atoms with Crippen LogP contribution in [0.15, 0.2) is 54.7 Å². The van der Waals surface area contributed by atoms with E-state index < -0.39 is 0 Å². The van der Waals surface area contributed by atoms with E-state index in [2.05, 4.69) is 10.3 Å². The van der Waals surface area contributed by atoms with Crippen LogP contribution in [0.2, 0.25) is 0 Å². The molecule has 3 rings (SSSR count). The molecule has 1 aliphatic rings. The van der Waals surface area contributed by atoms with Crippen LogP contribution >= 0.6 is 0 Å². The number of nitrogens with one attached hydrogen (secondary N) is 1. The highest BCUT2D eigenvalue weighted by molar-refractivity contribution is 5.94. The summed E-state index contributed by atoms with van der Waals surface area (Å²) in [5.41, 5.74) is 1.64. The summed E-state index contributed by atoms with van der Waals surface area (Å²) in [7, 11) is 1.55. The van der Waals surface area contributed by atoms with E-state index in [9.17, 15) is 9.59 Å². The van der Waals surface area contributed by atoms with Gasteiger partial charge in [-0.2, -0.15) is 0 Å². The largest absolute Gasteiger partial charge is 0.481 e. The predicted molar refractivity (Wildman–Crippen MR) is 104 cm³/mol. The van der Waals surface area contributed by atoms with Crippen molar-refractivity contribution in [1.29, 1.82) is 0 Å². The Bertz CT molecular complexity index is 795. The maximum atomic E-state index is 12.4. The SMILES string of the molecule is COc1ccc(NC(=O)C2CCN(C(=O)C=Cc3ccccc3)CC2)cn1. The molecule has 0 aliphatic carbocycles. The first kappa shape index (κ1) is 18.6. The third kappa shape index (κ3) is 5.17. The van der Waals surface area contributed by atoms with Crippen LogP contribution in [0.3, 0.4) is 0 Å². The van der Waals surface area contributed by atoms with E-state index in [0.29, 0.717) is 37.5 Å². The number of benzene rings is 1. The van der Waals surface area contributed by atoms with Crippen molar-refractivity contribution in [2.75, 3.05) is 25.5 Å². The van der Waals surface area contributed by atoms with Gasteiger partial charge in [0.25, 0.3) is 0 Å². The highest BCUT2D eigenvalue weighted by Gasteiger charge is 2.26. The lowest BCUT2D eigenvalue weighted by molar-refractivity contribution is -0.130. The van der Waals surface area contributed by atoms with Crippen molar-refractivity contribution in [2.45, 2.75) is 12.8 Å². The topological polar surface area (TPSA) is 71.5 Å². The molecule has 0 radical (unpaired) electrons. The van der Waals surface area contributed by atoms with E-state index in [1.807, 2.05) is 36.4 Å². The summed E-state index contributed by atoms with van der Waals surface area (Å²) >= 11 is 0. The maximum Gasteiger partial charge on any atom is 0.246 e. The molecule has 6 nitrogen and oxygen atoms in total. The number of aromatic nitrogens is 1. The Morgan fingerprint density at radius 2 is 1.89 bits per heavy atom. The highest BCUT2D eigenvalue weighted by atomic mass is 16.5. The second-order valence-corrected chi connectivity index (χ2v) is 6.42. The van der Waals surface area contributed by atoms with E-state index >= 15 is 0 Å². The molecule has 27 heavy (non-hydrogen) atoms. The highest BCUT2D eigenvalue weighted by Crippen LogP contribution is 2.20. The van der Waals surface area contributed by atoms with Crippen LogP contribution in [-0.2, 0) is 9.59 Å². The van der Waals surface area contributed by atoms with Crippen molar-refractivity contribution in [3.05, 3.63) is 60.3 Å². The number of likely N-dealkylation sites (tertiary alicyclic amines) is 1. The minimum Gasteiger partial charge on any atom is -0.481 e. The van der Waals surface area contributed by atoms with Crippen LogP contribution in [0, 0.1) is 5.92 Å². The minimum atomic E-state index is -0.103. The Morgan fingerprint density at radius 3 is 2.52 bits per heavy atom. The average Bonchev–Trinajstić information content (AvgIpc) is 2.73. The summed E-state index contributed by atoms with van der Waals surface area (Å²) in [6, 6.07) is 13.2. The Balaban J connectivity index is 1.48. The van der Waals surface area contributed by atoms with E-state index in [-0.39, 0.29) is 17.7 Å². The summed E-state index contributed by atoms with van der Waals surface area (Å²) in [5, 5.41) is 2.88. The number of amides is 2. The monoisotopic (exact) mass is 365 g/mol. The summed E-state index contributed by atoms with van der Waals surface area (Å²) in [5.74, 6) is 0.351. The molecule has 1 N–H and O–H groups in total. The van der Waals surface area contributed by atoms with Gasteiger partial charge in [-0.15, -0.1) is 0 Å². The molecule has 6 heteroatoms. The molecule has 1 saturated heterocycles. The number of hydrogen-bond donors (Lipinski definition) is 1. The molecular formula is C21H23N3O3. The zero-order chi connectivity index (χ0) is 19.1. The van der Waals surface area contributed by atoms with Crippen molar-refractivity contribution in [1.82, 2.24) is 9.88 Å².